The lowest BCUT2D eigenvalue weighted by Crippen LogP contribution is -2.43. The minimum Gasteiger partial charge on any atom is -0.481 e. The van der Waals surface area contributed by atoms with Crippen LogP contribution < -0.4 is 5.32 Å². The number of likely N-dealkylation sites (tertiary alicyclic amines) is 1. The lowest BCUT2D eigenvalue weighted by atomic mass is 9.93. The zero-order chi connectivity index (χ0) is 14.8. The van der Waals surface area contributed by atoms with Crippen LogP contribution >= 0.6 is 0 Å². The van der Waals surface area contributed by atoms with Gasteiger partial charge in [0.25, 0.3) is 5.91 Å². The molecule has 2 saturated heterocycles. The normalized spacial score (nSPS) is 20.3. The van der Waals surface area contributed by atoms with E-state index in [2.05, 4.69) is 15.6 Å². The average molecular weight is 293 g/mol. The summed E-state index contributed by atoms with van der Waals surface area (Å²) in [6, 6.07) is 0.292. The van der Waals surface area contributed by atoms with Crippen LogP contribution in [0.15, 0.2) is 6.20 Å². The van der Waals surface area contributed by atoms with E-state index in [-0.39, 0.29) is 18.2 Å². The summed E-state index contributed by atoms with van der Waals surface area (Å²) in [5.74, 6) is -0.706. The fraction of sp³-hybridized carbons (Fsp3) is 0.692. The number of nitrogens with zero attached hydrogens (tertiary/aromatic N) is 4. The molecule has 0 aromatic carbocycles. The van der Waals surface area contributed by atoms with Crippen molar-refractivity contribution in [2.24, 2.45) is 5.92 Å². The van der Waals surface area contributed by atoms with Gasteiger partial charge in [0.15, 0.2) is 5.69 Å². The number of hydrogen-bond acceptors (Lipinski definition) is 5. The maximum atomic E-state index is 12.3. The molecule has 2 N–H and O–H groups in total. The highest BCUT2D eigenvalue weighted by Crippen LogP contribution is 2.21. The van der Waals surface area contributed by atoms with Crippen LogP contribution in [-0.4, -0.2) is 63.1 Å². The smallest absolute Gasteiger partial charge is 0.303 e. The van der Waals surface area contributed by atoms with Gasteiger partial charge in [0.05, 0.1) is 12.2 Å². The highest BCUT2D eigenvalue weighted by atomic mass is 16.4. The zero-order valence-corrected chi connectivity index (χ0v) is 11.7. The molecule has 0 radical (unpaired) electrons. The molecule has 0 aliphatic carbocycles. The first kappa shape index (κ1) is 14.0. The average Bonchev–Trinajstić information content (AvgIpc) is 2.85. The molecule has 0 unspecified atom stereocenters. The number of rotatable bonds is 4. The molecule has 3 rings (SSSR count). The number of aliphatic carboxylic acids is 1. The molecular formula is C13H19N5O3. The predicted octanol–water partition coefficient (Wildman–Crippen LogP) is -0.251. The number of carboxylic acid groups (broad SMARTS) is 1. The summed E-state index contributed by atoms with van der Waals surface area (Å²) in [5.41, 5.74) is 0.374. The maximum absolute atomic E-state index is 12.3. The van der Waals surface area contributed by atoms with Crippen molar-refractivity contribution in [2.45, 2.75) is 25.3 Å². The van der Waals surface area contributed by atoms with E-state index in [0.717, 1.165) is 25.9 Å². The van der Waals surface area contributed by atoms with E-state index in [0.29, 0.717) is 24.8 Å². The molecule has 1 aromatic rings. The van der Waals surface area contributed by atoms with Crippen molar-refractivity contribution < 1.29 is 14.7 Å². The summed E-state index contributed by atoms with van der Waals surface area (Å²) in [6.45, 7) is 2.90. The first-order valence-electron chi connectivity index (χ1n) is 7.27. The Bertz CT molecular complexity index is 532. The van der Waals surface area contributed by atoms with Crippen molar-refractivity contribution in [1.29, 1.82) is 0 Å². The van der Waals surface area contributed by atoms with E-state index in [1.54, 1.807) is 15.8 Å². The summed E-state index contributed by atoms with van der Waals surface area (Å²) in [5, 5.41) is 19.9. The van der Waals surface area contributed by atoms with E-state index in [1.165, 1.54) is 0 Å². The van der Waals surface area contributed by atoms with Gasteiger partial charge in [-0.15, -0.1) is 5.10 Å². The fourth-order valence-electron chi connectivity index (χ4n) is 2.76. The number of piperidine rings is 1. The van der Waals surface area contributed by atoms with Crippen molar-refractivity contribution in [3.63, 3.8) is 0 Å². The van der Waals surface area contributed by atoms with Gasteiger partial charge in [-0.1, -0.05) is 5.21 Å². The second kappa shape index (κ2) is 5.80. The standard InChI is InChI=1S/C13H19N5O3/c19-12(20)5-9-1-3-17(4-2-9)13(21)11-8-18(16-15-11)10-6-14-7-10/h8-10,14H,1-7H2,(H,19,20). The second-order valence-corrected chi connectivity index (χ2v) is 5.73. The highest BCUT2D eigenvalue weighted by Gasteiger charge is 2.27. The highest BCUT2D eigenvalue weighted by molar-refractivity contribution is 5.92. The molecule has 1 amide bonds. The Balaban J connectivity index is 1.56. The van der Waals surface area contributed by atoms with E-state index in [4.69, 9.17) is 5.11 Å². The van der Waals surface area contributed by atoms with Gasteiger partial charge in [0, 0.05) is 32.6 Å². The molecule has 114 valence electrons. The van der Waals surface area contributed by atoms with Crippen LogP contribution in [-0.2, 0) is 4.79 Å². The van der Waals surface area contributed by atoms with Crippen LogP contribution in [0.25, 0.3) is 0 Å². The third kappa shape index (κ3) is 3.05. The topological polar surface area (TPSA) is 100 Å². The SMILES string of the molecule is O=C(O)CC1CCN(C(=O)c2cn(C3CNC3)nn2)CC1. The Morgan fingerprint density at radius 1 is 1.33 bits per heavy atom. The van der Waals surface area contributed by atoms with Gasteiger partial charge >= 0.3 is 5.97 Å². The Hall–Kier alpha value is -1.96. The molecule has 2 fully saturated rings. The molecule has 0 bridgehead atoms. The van der Waals surface area contributed by atoms with Crippen molar-refractivity contribution in [2.75, 3.05) is 26.2 Å². The van der Waals surface area contributed by atoms with Gasteiger partial charge in [-0.3, -0.25) is 9.59 Å². The molecule has 0 atom stereocenters. The van der Waals surface area contributed by atoms with Crippen LogP contribution in [0, 0.1) is 5.92 Å². The summed E-state index contributed by atoms with van der Waals surface area (Å²) in [6.07, 6.45) is 3.36. The minimum absolute atomic E-state index is 0.109. The molecule has 2 aliphatic rings. The summed E-state index contributed by atoms with van der Waals surface area (Å²) in [4.78, 5) is 24.8. The molecule has 0 spiro atoms. The van der Waals surface area contributed by atoms with Crippen molar-refractivity contribution >= 4 is 11.9 Å². The quantitative estimate of drug-likeness (QED) is 0.794. The lowest BCUT2D eigenvalue weighted by molar-refractivity contribution is -0.138. The van der Waals surface area contributed by atoms with E-state index in [9.17, 15) is 9.59 Å². The van der Waals surface area contributed by atoms with E-state index < -0.39 is 5.97 Å². The Labute approximate surface area is 122 Å². The van der Waals surface area contributed by atoms with Crippen molar-refractivity contribution in [1.82, 2.24) is 25.2 Å². The minimum atomic E-state index is -0.767. The van der Waals surface area contributed by atoms with E-state index in [1.807, 2.05) is 0 Å². The van der Waals surface area contributed by atoms with Gasteiger partial charge in [0.1, 0.15) is 0 Å². The summed E-state index contributed by atoms with van der Waals surface area (Å²) < 4.78 is 1.74. The zero-order valence-electron chi connectivity index (χ0n) is 11.7. The molecule has 8 nitrogen and oxygen atoms in total. The van der Waals surface area contributed by atoms with Crippen molar-refractivity contribution in [3.8, 4) is 0 Å². The van der Waals surface area contributed by atoms with E-state index >= 15 is 0 Å². The van der Waals surface area contributed by atoms with Crippen LogP contribution in [0.1, 0.15) is 35.8 Å². The molecule has 8 heteroatoms. The number of hydrogen-bond donors (Lipinski definition) is 2. The van der Waals surface area contributed by atoms with Gasteiger partial charge in [-0.2, -0.15) is 0 Å². The van der Waals surface area contributed by atoms with Crippen LogP contribution in [0.3, 0.4) is 0 Å². The fourth-order valence-corrected chi connectivity index (χ4v) is 2.76. The Kier molecular flexibility index (Phi) is 3.87. The van der Waals surface area contributed by atoms with Crippen LogP contribution in [0.2, 0.25) is 0 Å². The number of carboxylic acids is 1. The monoisotopic (exact) mass is 293 g/mol. The predicted molar refractivity (Wildman–Crippen MR) is 72.8 cm³/mol. The number of amides is 1. The third-order valence-electron chi connectivity index (χ3n) is 4.23. The number of carbonyl (C=O) groups is 2. The number of nitrogens with one attached hydrogen (secondary N) is 1. The van der Waals surface area contributed by atoms with Gasteiger partial charge in [-0.25, -0.2) is 4.68 Å². The Morgan fingerprint density at radius 2 is 2.05 bits per heavy atom. The first-order valence-corrected chi connectivity index (χ1v) is 7.27. The van der Waals surface area contributed by atoms with Gasteiger partial charge < -0.3 is 15.3 Å². The largest absolute Gasteiger partial charge is 0.481 e. The van der Waals surface area contributed by atoms with Gasteiger partial charge in [-0.05, 0) is 18.8 Å². The van der Waals surface area contributed by atoms with Crippen LogP contribution in [0.4, 0.5) is 0 Å². The van der Waals surface area contributed by atoms with Gasteiger partial charge in [0.2, 0.25) is 0 Å². The lowest BCUT2D eigenvalue weighted by Gasteiger charge is -2.30. The molecular weight excluding hydrogens is 274 g/mol. The molecule has 1 aromatic heterocycles. The van der Waals surface area contributed by atoms with Crippen molar-refractivity contribution in [3.05, 3.63) is 11.9 Å². The summed E-state index contributed by atoms with van der Waals surface area (Å²) >= 11 is 0. The molecule has 3 heterocycles. The third-order valence-corrected chi connectivity index (χ3v) is 4.23. The number of carbonyl (C=O) groups excluding carboxylic acids is 1. The van der Waals surface area contributed by atoms with Crippen LogP contribution in [0.5, 0.6) is 0 Å². The number of aromatic nitrogens is 3. The molecule has 2 aliphatic heterocycles. The second-order valence-electron chi connectivity index (χ2n) is 5.73. The summed E-state index contributed by atoms with van der Waals surface area (Å²) in [7, 11) is 0. The first-order chi connectivity index (χ1) is 10.1. The molecule has 0 saturated carbocycles. The molecule has 21 heavy (non-hydrogen) atoms. The Morgan fingerprint density at radius 3 is 2.62 bits per heavy atom. The maximum Gasteiger partial charge on any atom is 0.303 e.